The van der Waals surface area contributed by atoms with Crippen LogP contribution in [-0.2, 0) is 5.41 Å². The molecule has 0 amide bonds. The lowest BCUT2D eigenvalue weighted by Crippen LogP contribution is -2.36. The van der Waals surface area contributed by atoms with Crippen LogP contribution in [0.4, 0.5) is 13.2 Å². The number of rotatable bonds is 2. The van der Waals surface area contributed by atoms with E-state index in [4.69, 9.17) is 0 Å². The second kappa shape index (κ2) is 5.30. The first-order valence-electron chi connectivity index (χ1n) is 6.92. The molecule has 118 valence electrons. The number of halogens is 3. The molecular formula is C17H18F3NO. The Bertz CT molecular complexity index is 740. The predicted octanol–water partition coefficient (Wildman–Crippen LogP) is 4.50. The molecule has 2 rings (SSSR count). The maximum atomic E-state index is 13.0. The van der Waals surface area contributed by atoms with Gasteiger partial charge in [-0.25, -0.2) is 0 Å². The monoisotopic (exact) mass is 309 g/mol. The van der Waals surface area contributed by atoms with E-state index >= 15 is 0 Å². The van der Waals surface area contributed by atoms with Gasteiger partial charge in [0.1, 0.15) is 0 Å². The third-order valence-electron chi connectivity index (χ3n) is 4.16. The molecule has 2 aromatic rings. The molecule has 0 aliphatic rings. The molecule has 0 saturated heterocycles. The summed E-state index contributed by atoms with van der Waals surface area (Å²) in [6, 6.07) is 7.57. The SMILES string of the molecule is Cc1[nH]c(-c2ccc(C(C)(C)C(F)(F)F)cc2)cc(=O)c1C. The van der Waals surface area contributed by atoms with Crippen LogP contribution in [0.2, 0.25) is 0 Å². The van der Waals surface area contributed by atoms with E-state index in [1.54, 1.807) is 26.0 Å². The summed E-state index contributed by atoms with van der Waals surface area (Å²) in [5.41, 5.74) is 0.857. The minimum atomic E-state index is -4.32. The molecule has 1 aromatic carbocycles. The van der Waals surface area contributed by atoms with Crippen LogP contribution in [0.5, 0.6) is 0 Å². The molecule has 0 atom stereocenters. The molecule has 0 bridgehead atoms. The molecule has 0 aliphatic carbocycles. The van der Waals surface area contributed by atoms with E-state index in [1.165, 1.54) is 18.2 Å². The summed E-state index contributed by atoms with van der Waals surface area (Å²) in [5.74, 6) is 0. The van der Waals surface area contributed by atoms with Crippen molar-refractivity contribution >= 4 is 0 Å². The number of aryl methyl sites for hydroxylation is 1. The van der Waals surface area contributed by atoms with Crippen molar-refractivity contribution < 1.29 is 13.2 Å². The topological polar surface area (TPSA) is 32.9 Å². The lowest BCUT2D eigenvalue weighted by molar-refractivity contribution is -0.180. The Morgan fingerprint density at radius 3 is 2.00 bits per heavy atom. The Labute approximate surface area is 127 Å². The number of alkyl halides is 3. The fraction of sp³-hybridized carbons (Fsp3) is 0.353. The van der Waals surface area contributed by atoms with E-state index in [-0.39, 0.29) is 11.0 Å². The molecule has 0 radical (unpaired) electrons. The van der Waals surface area contributed by atoms with E-state index in [2.05, 4.69) is 4.98 Å². The lowest BCUT2D eigenvalue weighted by atomic mass is 9.83. The number of aromatic nitrogens is 1. The predicted molar refractivity (Wildman–Crippen MR) is 81.1 cm³/mol. The van der Waals surface area contributed by atoms with Gasteiger partial charge < -0.3 is 4.98 Å². The Hall–Kier alpha value is -2.04. The van der Waals surface area contributed by atoms with Crippen molar-refractivity contribution in [2.45, 2.75) is 39.3 Å². The van der Waals surface area contributed by atoms with E-state index in [0.717, 1.165) is 19.5 Å². The summed E-state index contributed by atoms with van der Waals surface area (Å²) in [6.45, 7) is 5.83. The molecule has 0 saturated carbocycles. The maximum Gasteiger partial charge on any atom is 0.397 e. The van der Waals surface area contributed by atoms with Gasteiger partial charge in [-0.1, -0.05) is 24.3 Å². The summed E-state index contributed by atoms with van der Waals surface area (Å²) in [7, 11) is 0. The van der Waals surface area contributed by atoms with Crippen LogP contribution in [0.3, 0.4) is 0 Å². The van der Waals surface area contributed by atoms with Gasteiger partial charge in [0.15, 0.2) is 5.43 Å². The number of aromatic amines is 1. The number of nitrogens with one attached hydrogen (secondary N) is 1. The van der Waals surface area contributed by atoms with E-state index < -0.39 is 11.6 Å². The van der Waals surface area contributed by atoms with Gasteiger partial charge in [-0.3, -0.25) is 4.79 Å². The van der Waals surface area contributed by atoms with Crippen LogP contribution in [0.15, 0.2) is 35.1 Å². The van der Waals surface area contributed by atoms with Crippen molar-refractivity contribution in [3.8, 4) is 11.3 Å². The lowest BCUT2D eigenvalue weighted by Gasteiger charge is -2.28. The first-order valence-corrected chi connectivity index (χ1v) is 6.92. The third-order valence-corrected chi connectivity index (χ3v) is 4.16. The van der Waals surface area contributed by atoms with Gasteiger partial charge in [-0.15, -0.1) is 0 Å². The number of hydrogen-bond acceptors (Lipinski definition) is 1. The molecule has 2 nitrogen and oxygen atoms in total. The minimum Gasteiger partial charge on any atom is -0.358 e. The summed E-state index contributed by atoms with van der Waals surface area (Å²) >= 11 is 0. The Kier molecular flexibility index (Phi) is 3.94. The fourth-order valence-corrected chi connectivity index (χ4v) is 2.14. The molecule has 5 heteroatoms. The van der Waals surface area contributed by atoms with Crippen LogP contribution in [0, 0.1) is 13.8 Å². The molecule has 1 N–H and O–H groups in total. The van der Waals surface area contributed by atoms with Crippen molar-refractivity contribution in [1.29, 1.82) is 0 Å². The van der Waals surface area contributed by atoms with Crippen molar-refractivity contribution in [3.63, 3.8) is 0 Å². The van der Waals surface area contributed by atoms with Crippen LogP contribution in [-0.4, -0.2) is 11.2 Å². The molecule has 0 aliphatic heterocycles. The highest BCUT2D eigenvalue weighted by molar-refractivity contribution is 5.60. The molecular weight excluding hydrogens is 291 g/mol. The highest BCUT2D eigenvalue weighted by Crippen LogP contribution is 2.40. The quantitative estimate of drug-likeness (QED) is 0.870. The first kappa shape index (κ1) is 16.3. The second-order valence-corrected chi connectivity index (χ2v) is 6.00. The summed E-state index contributed by atoms with van der Waals surface area (Å²) in [6.07, 6.45) is -4.32. The van der Waals surface area contributed by atoms with Crippen molar-refractivity contribution in [3.05, 3.63) is 57.4 Å². The smallest absolute Gasteiger partial charge is 0.358 e. The van der Waals surface area contributed by atoms with Gasteiger partial charge in [-0.2, -0.15) is 13.2 Å². The van der Waals surface area contributed by atoms with Crippen molar-refractivity contribution in [2.24, 2.45) is 0 Å². The second-order valence-electron chi connectivity index (χ2n) is 6.00. The number of benzene rings is 1. The van der Waals surface area contributed by atoms with Crippen LogP contribution in [0.1, 0.15) is 30.7 Å². The third kappa shape index (κ3) is 2.80. The maximum absolute atomic E-state index is 13.0. The molecule has 0 spiro atoms. The first-order chi connectivity index (χ1) is 10.0. The zero-order chi connectivity index (χ0) is 16.7. The number of pyridine rings is 1. The van der Waals surface area contributed by atoms with E-state index in [9.17, 15) is 18.0 Å². The Morgan fingerprint density at radius 1 is 1.00 bits per heavy atom. The molecule has 1 heterocycles. The summed E-state index contributed by atoms with van der Waals surface area (Å²) in [4.78, 5) is 14.9. The van der Waals surface area contributed by atoms with E-state index in [1.807, 2.05) is 0 Å². The van der Waals surface area contributed by atoms with Gasteiger partial charge in [-0.05, 0) is 38.8 Å². The van der Waals surface area contributed by atoms with Gasteiger partial charge in [0.05, 0.1) is 5.41 Å². The largest absolute Gasteiger partial charge is 0.397 e. The summed E-state index contributed by atoms with van der Waals surface area (Å²) < 4.78 is 39.1. The highest BCUT2D eigenvalue weighted by Gasteiger charge is 2.48. The average Bonchev–Trinajstić information content (AvgIpc) is 2.43. The highest BCUT2D eigenvalue weighted by atomic mass is 19.4. The van der Waals surface area contributed by atoms with Gasteiger partial charge >= 0.3 is 6.18 Å². The van der Waals surface area contributed by atoms with E-state index in [0.29, 0.717) is 16.8 Å². The van der Waals surface area contributed by atoms with Crippen LogP contribution in [0.25, 0.3) is 11.3 Å². The zero-order valence-corrected chi connectivity index (χ0v) is 12.9. The van der Waals surface area contributed by atoms with Gasteiger partial charge in [0.2, 0.25) is 0 Å². The molecule has 22 heavy (non-hydrogen) atoms. The normalized spacial score (nSPS) is 12.5. The number of H-pyrrole nitrogens is 1. The zero-order valence-electron chi connectivity index (χ0n) is 12.9. The minimum absolute atomic E-state index is 0.0917. The van der Waals surface area contributed by atoms with Gasteiger partial charge in [0.25, 0.3) is 0 Å². The fourth-order valence-electron chi connectivity index (χ4n) is 2.14. The Morgan fingerprint density at radius 2 is 1.55 bits per heavy atom. The molecule has 1 aromatic heterocycles. The van der Waals surface area contributed by atoms with Crippen molar-refractivity contribution in [2.75, 3.05) is 0 Å². The molecule has 0 fully saturated rings. The van der Waals surface area contributed by atoms with Crippen molar-refractivity contribution in [1.82, 2.24) is 4.98 Å². The molecule has 0 unspecified atom stereocenters. The average molecular weight is 309 g/mol. The summed E-state index contributed by atoms with van der Waals surface area (Å²) in [5, 5.41) is 0. The standard InChI is InChI=1S/C17H18F3NO/c1-10-11(2)21-14(9-15(10)22)12-5-7-13(8-6-12)16(3,4)17(18,19)20/h5-9H,1-4H3,(H,21,22). The van der Waals surface area contributed by atoms with Crippen LogP contribution < -0.4 is 5.43 Å². The van der Waals surface area contributed by atoms with Crippen LogP contribution >= 0.6 is 0 Å². The van der Waals surface area contributed by atoms with Gasteiger partial charge in [0, 0.05) is 23.0 Å². The Balaban J connectivity index is 2.44. The number of hydrogen-bond donors (Lipinski definition) is 1.